The SMILES string of the molecule is CC(=O)c1ccc(NC(=O)c2cccc(Nc3nccs3)c2)cc1. The Morgan fingerprint density at radius 1 is 1.00 bits per heavy atom. The highest BCUT2D eigenvalue weighted by molar-refractivity contribution is 7.13. The molecule has 0 unspecified atom stereocenters. The predicted molar refractivity (Wildman–Crippen MR) is 96.2 cm³/mol. The second kappa shape index (κ2) is 7.06. The van der Waals surface area contributed by atoms with E-state index in [2.05, 4.69) is 15.6 Å². The minimum absolute atomic E-state index is 0.00570. The van der Waals surface area contributed by atoms with E-state index in [-0.39, 0.29) is 11.7 Å². The van der Waals surface area contributed by atoms with Gasteiger partial charge in [0.25, 0.3) is 5.91 Å². The van der Waals surface area contributed by atoms with Gasteiger partial charge in [-0.25, -0.2) is 4.98 Å². The van der Waals surface area contributed by atoms with Gasteiger partial charge in [-0.3, -0.25) is 9.59 Å². The third kappa shape index (κ3) is 3.85. The van der Waals surface area contributed by atoms with Crippen molar-refractivity contribution < 1.29 is 9.59 Å². The van der Waals surface area contributed by atoms with Gasteiger partial charge >= 0.3 is 0 Å². The second-order valence-electron chi connectivity index (χ2n) is 5.13. The smallest absolute Gasteiger partial charge is 0.255 e. The lowest BCUT2D eigenvalue weighted by Crippen LogP contribution is -2.12. The van der Waals surface area contributed by atoms with Crippen molar-refractivity contribution in [2.24, 2.45) is 0 Å². The van der Waals surface area contributed by atoms with Crippen LogP contribution in [0.4, 0.5) is 16.5 Å². The maximum atomic E-state index is 12.4. The number of hydrogen-bond donors (Lipinski definition) is 2. The summed E-state index contributed by atoms with van der Waals surface area (Å²) in [6.07, 6.45) is 1.72. The van der Waals surface area contributed by atoms with E-state index < -0.39 is 0 Å². The van der Waals surface area contributed by atoms with E-state index >= 15 is 0 Å². The van der Waals surface area contributed by atoms with Crippen molar-refractivity contribution in [1.82, 2.24) is 4.98 Å². The number of thiazole rings is 1. The first kappa shape index (κ1) is 15.9. The molecule has 3 aromatic rings. The van der Waals surface area contributed by atoms with Crippen LogP contribution < -0.4 is 10.6 Å². The van der Waals surface area contributed by atoms with Crippen molar-refractivity contribution >= 4 is 39.5 Å². The first-order valence-corrected chi connectivity index (χ1v) is 8.19. The molecule has 0 saturated carbocycles. The summed E-state index contributed by atoms with van der Waals surface area (Å²) in [6, 6.07) is 14.0. The van der Waals surface area contributed by atoms with E-state index in [1.54, 1.807) is 42.6 Å². The van der Waals surface area contributed by atoms with Crippen LogP contribution in [0.25, 0.3) is 0 Å². The molecular weight excluding hydrogens is 322 g/mol. The summed E-state index contributed by atoms with van der Waals surface area (Å²) in [5, 5.41) is 8.62. The van der Waals surface area contributed by atoms with Crippen molar-refractivity contribution in [3.63, 3.8) is 0 Å². The minimum atomic E-state index is -0.214. The second-order valence-corrected chi connectivity index (χ2v) is 6.03. The molecule has 0 radical (unpaired) electrons. The van der Waals surface area contributed by atoms with Crippen LogP contribution in [0.15, 0.2) is 60.1 Å². The normalized spacial score (nSPS) is 10.2. The van der Waals surface area contributed by atoms with Gasteiger partial charge in [0.2, 0.25) is 0 Å². The number of hydrogen-bond acceptors (Lipinski definition) is 5. The van der Waals surface area contributed by atoms with Gasteiger partial charge in [0.15, 0.2) is 10.9 Å². The molecule has 6 heteroatoms. The zero-order valence-electron chi connectivity index (χ0n) is 12.9. The highest BCUT2D eigenvalue weighted by Gasteiger charge is 2.08. The average molecular weight is 337 g/mol. The number of Topliss-reactive ketones (excluding diaryl/α,β-unsaturated/α-hetero) is 1. The maximum Gasteiger partial charge on any atom is 0.255 e. The molecule has 0 spiro atoms. The standard InChI is InChI=1S/C18H15N3O2S/c1-12(22)13-5-7-15(8-6-13)20-17(23)14-3-2-4-16(11-14)21-18-19-9-10-24-18/h2-11H,1H3,(H,19,21)(H,20,23). The lowest BCUT2D eigenvalue weighted by atomic mass is 10.1. The molecular formula is C18H15N3O2S. The minimum Gasteiger partial charge on any atom is -0.332 e. The molecule has 0 atom stereocenters. The first-order chi connectivity index (χ1) is 11.6. The zero-order valence-corrected chi connectivity index (χ0v) is 13.8. The fraction of sp³-hybridized carbons (Fsp3) is 0.0556. The highest BCUT2D eigenvalue weighted by Crippen LogP contribution is 2.20. The summed E-state index contributed by atoms with van der Waals surface area (Å²) < 4.78 is 0. The molecule has 2 aromatic carbocycles. The number of rotatable bonds is 5. The van der Waals surface area contributed by atoms with Gasteiger partial charge in [-0.2, -0.15) is 0 Å². The van der Waals surface area contributed by atoms with E-state index in [9.17, 15) is 9.59 Å². The predicted octanol–water partition coefficient (Wildman–Crippen LogP) is 4.34. The molecule has 0 fully saturated rings. The summed E-state index contributed by atoms with van der Waals surface area (Å²) in [6.45, 7) is 1.51. The third-order valence-corrected chi connectivity index (χ3v) is 4.05. The Morgan fingerprint density at radius 2 is 1.79 bits per heavy atom. The quantitative estimate of drug-likeness (QED) is 0.679. The number of amides is 1. The van der Waals surface area contributed by atoms with Crippen LogP contribution in [0, 0.1) is 0 Å². The Kier molecular flexibility index (Phi) is 4.67. The summed E-state index contributed by atoms with van der Waals surface area (Å²) >= 11 is 1.49. The highest BCUT2D eigenvalue weighted by atomic mass is 32.1. The van der Waals surface area contributed by atoms with E-state index in [1.807, 2.05) is 17.5 Å². The molecule has 1 heterocycles. The van der Waals surface area contributed by atoms with Crippen molar-refractivity contribution in [2.75, 3.05) is 10.6 Å². The Labute approximate surface area is 143 Å². The first-order valence-electron chi connectivity index (χ1n) is 7.31. The molecule has 24 heavy (non-hydrogen) atoms. The fourth-order valence-corrected chi connectivity index (χ4v) is 2.69. The number of nitrogens with zero attached hydrogens (tertiary/aromatic N) is 1. The van der Waals surface area contributed by atoms with Crippen molar-refractivity contribution in [3.05, 3.63) is 71.2 Å². The number of ketones is 1. The lowest BCUT2D eigenvalue weighted by molar-refractivity contribution is 0.101. The van der Waals surface area contributed by atoms with Gasteiger partial charge in [-0.15, -0.1) is 11.3 Å². The van der Waals surface area contributed by atoms with Gasteiger partial charge < -0.3 is 10.6 Å². The van der Waals surface area contributed by atoms with E-state index in [0.29, 0.717) is 16.8 Å². The third-order valence-electron chi connectivity index (χ3n) is 3.36. The number of benzene rings is 2. The molecule has 0 saturated heterocycles. The van der Waals surface area contributed by atoms with Crippen molar-refractivity contribution in [2.45, 2.75) is 6.92 Å². The molecule has 0 bridgehead atoms. The van der Waals surface area contributed by atoms with E-state index in [1.165, 1.54) is 18.3 Å². The van der Waals surface area contributed by atoms with Crippen molar-refractivity contribution in [1.29, 1.82) is 0 Å². The summed E-state index contributed by atoms with van der Waals surface area (Å²) in [5.74, 6) is -0.220. The number of carbonyl (C=O) groups excluding carboxylic acids is 2. The van der Waals surface area contributed by atoms with Gasteiger partial charge in [0, 0.05) is 34.1 Å². The number of anilines is 3. The topological polar surface area (TPSA) is 71.1 Å². The van der Waals surface area contributed by atoms with Crippen LogP contribution >= 0.6 is 11.3 Å². The Morgan fingerprint density at radius 3 is 2.46 bits per heavy atom. The summed E-state index contributed by atoms with van der Waals surface area (Å²) in [5.41, 5.74) is 2.59. The molecule has 2 N–H and O–H groups in total. The zero-order chi connectivity index (χ0) is 16.9. The van der Waals surface area contributed by atoms with Crippen LogP contribution in [0.1, 0.15) is 27.6 Å². The van der Waals surface area contributed by atoms with Crippen LogP contribution in [-0.4, -0.2) is 16.7 Å². The van der Waals surface area contributed by atoms with Gasteiger partial charge in [-0.05, 0) is 49.4 Å². The number of nitrogens with one attached hydrogen (secondary N) is 2. The average Bonchev–Trinajstić information content (AvgIpc) is 3.08. The molecule has 1 aromatic heterocycles. The van der Waals surface area contributed by atoms with Crippen LogP contribution in [0.5, 0.6) is 0 Å². The molecule has 120 valence electrons. The van der Waals surface area contributed by atoms with Gasteiger partial charge in [0.05, 0.1) is 0 Å². The van der Waals surface area contributed by atoms with E-state index in [4.69, 9.17) is 0 Å². The molecule has 0 aliphatic rings. The van der Waals surface area contributed by atoms with Crippen molar-refractivity contribution in [3.8, 4) is 0 Å². The number of aromatic nitrogens is 1. The lowest BCUT2D eigenvalue weighted by Gasteiger charge is -2.08. The van der Waals surface area contributed by atoms with Crippen LogP contribution in [0.2, 0.25) is 0 Å². The molecule has 0 aliphatic carbocycles. The summed E-state index contributed by atoms with van der Waals surface area (Å²) in [7, 11) is 0. The Balaban J connectivity index is 1.71. The Bertz CT molecular complexity index is 858. The monoisotopic (exact) mass is 337 g/mol. The largest absolute Gasteiger partial charge is 0.332 e. The van der Waals surface area contributed by atoms with Gasteiger partial charge in [-0.1, -0.05) is 6.07 Å². The molecule has 3 rings (SSSR count). The van der Waals surface area contributed by atoms with Gasteiger partial charge in [0.1, 0.15) is 0 Å². The molecule has 1 amide bonds. The van der Waals surface area contributed by atoms with Crippen LogP contribution in [0.3, 0.4) is 0 Å². The summed E-state index contributed by atoms with van der Waals surface area (Å²) in [4.78, 5) is 27.8. The maximum absolute atomic E-state index is 12.4. The van der Waals surface area contributed by atoms with Crippen LogP contribution in [-0.2, 0) is 0 Å². The molecule has 5 nitrogen and oxygen atoms in total. The Hall–Kier alpha value is -2.99. The molecule has 0 aliphatic heterocycles. The van der Waals surface area contributed by atoms with E-state index in [0.717, 1.165) is 10.8 Å². The fourth-order valence-electron chi connectivity index (χ4n) is 2.14. The number of carbonyl (C=O) groups is 2.